The largest absolute Gasteiger partial charge is 0.393 e. The van der Waals surface area contributed by atoms with Gasteiger partial charge in [-0.1, -0.05) is 18.2 Å². The fourth-order valence-corrected chi connectivity index (χ4v) is 3.65. The summed E-state index contributed by atoms with van der Waals surface area (Å²) in [7, 11) is 0. The Bertz CT molecular complexity index is 747. The minimum atomic E-state index is 0.617. The van der Waals surface area contributed by atoms with Crippen molar-refractivity contribution >= 4 is 23.0 Å². The van der Waals surface area contributed by atoms with Crippen molar-refractivity contribution in [3.05, 3.63) is 36.2 Å². The highest BCUT2D eigenvalue weighted by atomic mass is 16.5. The molecule has 26 heavy (non-hydrogen) atoms. The Morgan fingerprint density at radius 1 is 1.12 bits per heavy atom. The number of nitrogens with one attached hydrogen (secondary N) is 1. The number of ether oxygens (including phenoxy) is 1. The highest BCUT2D eigenvalue weighted by molar-refractivity contribution is 5.80. The van der Waals surface area contributed by atoms with Gasteiger partial charge in [0.05, 0.1) is 13.2 Å². The maximum absolute atomic E-state index is 6.43. The van der Waals surface area contributed by atoms with E-state index in [2.05, 4.69) is 49.4 Å². The highest BCUT2D eigenvalue weighted by Gasteiger charge is 2.22. The van der Waals surface area contributed by atoms with Crippen LogP contribution < -0.4 is 16.0 Å². The van der Waals surface area contributed by atoms with Gasteiger partial charge in [0, 0.05) is 38.4 Å². The molecule has 1 aromatic carbocycles. The molecule has 0 unspecified atom stereocenters. The Morgan fingerprint density at radius 2 is 1.96 bits per heavy atom. The van der Waals surface area contributed by atoms with E-state index in [1.807, 2.05) is 0 Å². The minimum absolute atomic E-state index is 0.617. The number of benzene rings is 1. The molecule has 0 aliphatic carbocycles. The molecule has 1 fully saturated rings. The van der Waals surface area contributed by atoms with Gasteiger partial charge in [-0.15, -0.1) is 0 Å². The summed E-state index contributed by atoms with van der Waals surface area (Å²) in [5.41, 5.74) is 9.59. The first kappa shape index (κ1) is 17.1. The van der Waals surface area contributed by atoms with Gasteiger partial charge in [0.15, 0.2) is 11.6 Å². The Labute approximate surface area is 154 Å². The van der Waals surface area contributed by atoms with Gasteiger partial charge < -0.3 is 20.7 Å². The van der Waals surface area contributed by atoms with E-state index in [4.69, 9.17) is 10.5 Å². The zero-order valence-corrected chi connectivity index (χ0v) is 15.0. The molecule has 0 atom stereocenters. The number of nitrogens with zero attached hydrogens (tertiary/aromatic N) is 4. The molecule has 0 radical (unpaired) electrons. The lowest BCUT2D eigenvalue weighted by Crippen LogP contribution is -2.39. The van der Waals surface area contributed by atoms with Gasteiger partial charge in [0.25, 0.3) is 0 Å². The van der Waals surface area contributed by atoms with E-state index in [0.29, 0.717) is 11.5 Å². The number of para-hydroxylation sites is 1. The molecule has 2 aromatic rings. The molecule has 1 aromatic heterocycles. The van der Waals surface area contributed by atoms with Crippen molar-refractivity contribution in [3.63, 3.8) is 0 Å². The normalized spacial score (nSPS) is 17.8. The number of hydrogen-bond donors (Lipinski definition) is 2. The topological polar surface area (TPSA) is 79.5 Å². The Kier molecular flexibility index (Phi) is 5.17. The van der Waals surface area contributed by atoms with Crippen LogP contribution in [-0.2, 0) is 11.2 Å². The number of anilines is 4. The summed E-state index contributed by atoms with van der Waals surface area (Å²) < 4.78 is 5.39. The summed E-state index contributed by atoms with van der Waals surface area (Å²) in [5, 5.41) is 3.38. The van der Waals surface area contributed by atoms with Crippen molar-refractivity contribution < 1.29 is 4.74 Å². The van der Waals surface area contributed by atoms with Gasteiger partial charge in [0.1, 0.15) is 12.0 Å². The van der Waals surface area contributed by atoms with Crippen LogP contribution in [0.15, 0.2) is 30.6 Å². The van der Waals surface area contributed by atoms with Gasteiger partial charge in [-0.2, -0.15) is 0 Å². The summed E-state index contributed by atoms with van der Waals surface area (Å²) in [5.74, 6) is 1.51. The zero-order valence-electron chi connectivity index (χ0n) is 15.0. The maximum Gasteiger partial charge on any atom is 0.161 e. The van der Waals surface area contributed by atoms with E-state index < -0.39 is 0 Å². The van der Waals surface area contributed by atoms with E-state index in [1.54, 1.807) is 6.33 Å². The van der Waals surface area contributed by atoms with E-state index in [0.717, 1.165) is 64.6 Å². The molecule has 2 aliphatic rings. The second-order valence-corrected chi connectivity index (χ2v) is 6.72. The van der Waals surface area contributed by atoms with Crippen LogP contribution in [0.1, 0.15) is 12.0 Å². The third kappa shape index (κ3) is 3.59. The third-order valence-corrected chi connectivity index (χ3v) is 5.05. The van der Waals surface area contributed by atoms with Crippen molar-refractivity contribution in [1.29, 1.82) is 0 Å². The second kappa shape index (κ2) is 7.88. The summed E-state index contributed by atoms with van der Waals surface area (Å²) >= 11 is 0. The number of nitrogen functional groups attached to an aromatic ring is 1. The molecule has 1 saturated heterocycles. The molecule has 0 bridgehead atoms. The first-order chi connectivity index (χ1) is 12.8. The number of morpholine rings is 1. The average Bonchev–Trinajstić information content (AvgIpc) is 2.70. The second-order valence-electron chi connectivity index (χ2n) is 6.72. The van der Waals surface area contributed by atoms with E-state index in [-0.39, 0.29) is 0 Å². The van der Waals surface area contributed by atoms with Crippen LogP contribution in [0.5, 0.6) is 0 Å². The van der Waals surface area contributed by atoms with Crippen molar-refractivity contribution in [3.8, 4) is 0 Å². The summed E-state index contributed by atoms with van der Waals surface area (Å²) in [6.07, 6.45) is 3.79. The molecule has 138 valence electrons. The molecule has 3 heterocycles. The number of nitrogens with two attached hydrogens (primary N) is 1. The van der Waals surface area contributed by atoms with E-state index in [9.17, 15) is 0 Å². The first-order valence-electron chi connectivity index (χ1n) is 9.33. The van der Waals surface area contributed by atoms with Crippen LogP contribution in [0.2, 0.25) is 0 Å². The molecule has 7 heteroatoms. The molecule has 7 nitrogen and oxygen atoms in total. The molecular formula is C19H26N6O. The Morgan fingerprint density at radius 3 is 2.85 bits per heavy atom. The van der Waals surface area contributed by atoms with Crippen LogP contribution in [0.3, 0.4) is 0 Å². The molecule has 0 spiro atoms. The number of rotatable bonds is 5. The predicted octanol–water partition coefficient (Wildman–Crippen LogP) is 1.89. The van der Waals surface area contributed by atoms with Crippen molar-refractivity contribution in [2.75, 3.05) is 61.9 Å². The Hall–Kier alpha value is -2.38. The lowest BCUT2D eigenvalue weighted by Gasteiger charge is -2.31. The van der Waals surface area contributed by atoms with Crippen LogP contribution in [0, 0.1) is 0 Å². The van der Waals surface area contributed by atoms with Gasteiger partial charge in [0.2, 0.25) is 0 Å². The van der Waals surface area contributed by atoms with Crippen LogP contribution >= 0.6 is 0 Å². The smallest absolute Gasteiger partial charge is 0.161 e. The lowest BCUT2D eigenvalue weighted by molar-refractivity contribution is 0.0398. The highest BCUT2D eigenvalue weighted by Crippen LogP contribution is 2.36. The summed E-state index contributed by atoms with van der Waals surface area (Å²) in [6, 6.07) is 8.47. The minimum Gasteiger partial charge on any atom is -0.393 e. The van der Waals surface area contributed by atoms with Gasteiger partial charge >= 0.3 is 0 Å². The lowest BCUT2D eigenvalue weighted by atomic mass is 10.0. The summed E-state index contributed by atoms with van der Waals surface area (Å²) in [4.78, 5) is 13.4. The third-order valence-electron chi connectivity index (χ3n) is 5.05. The number of hydrogen-bond acceptors (Lipinski definition) is 7. The van der Waals surface area contributed by atoms with Crippen LogP contribution in [0.25, 0.3) is 0 Å². The number of fused-ring (bicyclic) bond motifs is 1. The average molecular weight is 354 g/mol. The van der Waals surface area contributed by atoms with Crippen molar-refractivity contribution in [2.24, 2.45) is 0 Å². The number of aromatic nitrogens is 2. The van der Waals surface area contributed by atoms with Crippen molar-refractivity contribution in [2.45, 2.75) is 12.8 Å². The number of aryl methyl sites for hydroxylation is 1. The van der Waals surface area contributed by atoms with Gasteiger partial charge in [-0.3, -0.25) is 4.90 Å². The summed E-state index contributed by atoms with van der Waals surface area (Å²) in [6.45, 7) is 6.27. The fraction of sp³-hybridized carbons (Fsp3) is 0.474. The molecule has 4 rings (SSSR count). The predicted molar refractivity (Wildman–Crippen MR) is 104 cm³/mol. The van der Waals surface area contributed by atoms with Crippen molar-refractivity contribution in [1.82, 2.24) is 14.9 Å². The molecule has 0 saturated carbocycles. The van der Waals surface area contributed by atoms with Crippen LogP contribution in [-0.4, -0.2) is 60.8 Å². The molecule has 3 N–H and O–H groups in total. The van der Waals surface area contributed by atoms with E-state index in [1.165, 1.54) is 11.3 Å². The molecular weight excluding hydrogens is 328 g/mol. The molecule has 2 aliphatic heterocycles. The first-order valence-corrected chi connectivity index (χ1v) is 9.33. The zero-order chi connectivity index (χ0) is 17.8. The van der Waals surface area contributed by atoms with E-state index >= 15 is 0 Å². The Balaban J connectivity index is 1.48. The molecule has 0 amide bonds. The van der Waals surface area contributed by atoms with Gasteiger partial charge in [-0.25, -0.2) is 9.97 Å². The maximum atomic E-state index is 6.43. The quantitative estimate of drug-likeness (QED) is 0.849. The van der Waals surface area contributed by atoms with Crippen LogP contribution in [0.4, 0.5) is 23.0 Å². The SMILES string of the molecule is Nc1c(NCCN2CCOCC2)ncnc1N1CCCc2ccccc21. The monoisotopic (exact) mass is 354 g/mol. The van der Waals surface area contributed by atoms with Gasteiger partial charge in [-0.05, 0) is 24.5 Å². The standard InChI is InChI=1S/C19H26N6O/c20-17-18(21-7-9-24-10-12-26-13-11-24)22-14-23-19(17)25-8-3-5-15-4-1-2-6-16(15)25/h1-2,4,6,14H,3,5,7-13,20H2,(H,21,22,23). The fourth-order valence-electron chi connectivity index (χ4n) is 3.65.